The van der Waals surface area contributed by atoms with Crippen LogP contribution in [0.2, 0.25) is 0 Å². The van der Waals surface area contributed by atoms with E-state index in [1.54, 1.807) is 0 Å². The van der Waals surface area contributed by atoms with E-state index in [9.17, 15) is 4.79 Å². The fourth-order valence-electron chi connectivity index (χ4n) is 2.38. The second-order valence-electron chi connectivity index (χ2n) is 7.16. The van der Waals surface area contributed by atoms with Crippen LogP contribution in [0.25, 0.3) is 0 Å². The van der Waals surface area contributed by atoms with Crippen molar-refractivity contribution in [2.75, 3.05) is 19.7 Å². The summed E-state index contributed by atoms with van der Waals surface area (Å²) >= 11 is 0. The van der Waals surface area contributed by atoms with Crippen LogP contribution in [0, 0.1) is 11.3 Å². The van der Waals surface area contributed by atoms with Gasteiger partial charge in [0.25, 0.3) is 0 Å². The van der Waals surface area contributed by atoms with Crippen molar-refractivity contribution in [3.8, 4) is 0 Å². The molecule has 0 heterocycles. The Balaban J connectivity index is 3.74. The minimum absolute atomic E-state index is 0.158. The molecule has 0 radical (unpaired) electrons. The first kappa shape index (κ1) is 20.4. The van der Waals surface area contributed by atoms with Crippen LogP contribution in [0.3, 0.4) is 0 Å². The molecule has 0 bridgehead atoms. The maximum absolute atomic E-state index is 11.8. The molecule has 1 amide bonds. The highest BCUT2D eigenvalue weighted by atomic mass is 16.5. The predicted octanol–water partition coefficient (Wildman–Crippen LogP) is 3.10. The number of rotatable bonds is 11. The normalized spacial score (nSPS) is 13.5. The predicted molar refractivity (Wildman–Crippen MR) is 89.2 cm³/mol. The molecular weight excluding hydrogens is 264 g/mol. The third-order valence-corrected chi connectivity index (χ3v) is 3.80. The number of nitrogens with one attached hydrogen (secondary N) is 1. The smallest absolute Gasteiger partial charge is 0.220 e. The van der Waals surface area contributed by atoms with E-state index in [1.807, 2.05) is 13.8 Å². The highest BCUT2D eigenvalue weighted by Gasteiger charge is 2.24. The summed E-state index contributed by atoms with van der Waals surface area (Å²) in [6.45, 7) is 13.0. The molecule has 0 aliphatic carbocycles. The Morgan fingerprint density at radius 3 is 2.38 bits per heavy atom. The molecule has 3 N–H and O–H groups in total. The molecule has 1 unspecified atom stereocenters. The second-order valence-corrected chi connectivity index (χ2v) is 7.16. The number of unbranched alkanes of at least 4 members (excludes halogenated alkanes) is 1. The lowest BCUT2D eigenvalue weighted by Crippen LogP contribution is -2.28. The van der Waals surface area contributed by atoms with E-state index in [2.05, 4.69) is 26.1 Å². The van der Waals surface area contributed by atoms with Crippen LogP contribution in [0.1, 0.15) is 66.7 Å². The lowest BCUT2D eigenvalue weighted by molar-refractivity contribution is -0.121. The van der Waals surface area contributed by atoms with Gasteiger partial charge in [0.2, 0.25) is 5.91 Å². The van der Waals surface area contributed by atoms with Gasteiger partial charge >= 0.3 is 0 Å². The zero-order valence-corrected chi connectivity index (χ0v) is 14.7. The number of carbonyl (C=O) groups excluding carboxylic acids is 1. The summed E-state index contributed by atoms with van der Waals surface area (Å²) in [5, 5.41) is 2.99. The molecule has 0 aromatic heterocycles. The molecule has 0 saturated carbocycles. The van der Waals surface area contributed by atoms with Crippen molar-refractivity contribution in [2.45, 2.75) is 72.8 Å². The van der Waals surface area contributed by atoms with Gasteiger partial charge in [-0.3, -0.25) is 4.79 Å². The number of nitrogens with two attached hydrogens (primary N) is 1. The van der Waals surface area contributed by atoms with Crippen LogP contribution in [-0.4, -0.2) is 31.7 Å². The van der Waals surface area contributed by atoms with Crippen molar-refractivity contribution < 1.29 is 9.53 Å². The van der Waals surface area contributed by atoms with E-state index in [1.165, 1.54) is 0 Å². The van der Waals surface area contributed by atoms with Crippen LogP contribution in [0.5, 0.6) is 0 Å². The summed E-state index contributed by atoms with van der Waals surface area (Å²) in [5.74, 6) is 0.666. The van der Waals surface area contributed by atoms with Crippen molar-refractivity contribution in [3.63, 3.8) is 0 Å². The standard InChI is InChI=1S/C17H36N2O2/c1-14(2)21-13-7-6-12-19-16(20)9-8-15(10-11-18)17(3,4)5/h14-15H,6-13,18H2,1-5H3,(H,19,20). The van der Waals surface area contributed by atoms with Gasteiger partial charge in [0.1, 0.15) is 0 Å². The van der Waals surface area contributed by atoms with Gasteiger partial charge in [0.15, 0.2) is 0 Å². The van der Waals surface area contributed by atoms with Crippen LogP contribution in [-0.2, 0) is 9.53 Å². The molecule has 4 nitrogen and oxygen atoms in total. The van der Waals surface area contributed by atoms with Gasteiger partial charge in [0, 0.05) is 19.6 Å². The summed E-state index contributed by atoms with van der Waals surface area (Å²) in [6, 6.07) is 0. The summed E-state index contributed by atoms with van der Waals surface area (Å²) in [4.78, 5) is 11.8. The number of hydrogen-bond acceptors (Lipinski definition) is 3. The van der Waals surface area contributed by atoms with Gasteiger partial charge in [-0.05, 0) is 57.4 Å². The van der Waals surface area contributed by atoms with Crippen molar-refractivity contribution in [2.24, 2.45) is 17.1 Å². The Bertz CT molecular complexity index is 272. The SMILES string of the molecule is CC(C)OCCCCNC(=O)CCC(CCN)C(C)(C)C. The summed E-state index contributed by atoms with van der Waals surface area (Å²) in [6.07, 6.45) is 4.77. The molecule has 0 aromatic carbocycles. The lowest BCUT2D eigenvalue weighted by Gasteiger charge is -2.30. The minimum atomic E-state index is 0.158. The van der Waals surface area contributed by atoms with Crippen molar-refractivity contribution >= 4 is 5.91 Å². The molecular formula is C17H36N2O2. The number of hydrogen-bond donors (Lipinski definition) is 2. The summed E-state index contributed by atoms with van der Waals surface area (Å²) in [5.41, 5.74) is 5.88. The minimum Gasteiger partial charge on any atom is -0.379 e. The third kappa shape index (κ3) is 11.7. The largest absolute Gasteiger partial charge is 0.379 e. The van der Waals surface area contributed by atoms with Gasteiger partial charge in [0.05, 0.1) is 6.10 Å². The summed E-state index contributed by atoms with van der Waals surface area (Å²) in [7, 11) is 0. The molecule has 0 aliphatic heterocycles. The van der Waals surface area contributed by atoms with Gasteiger partial charge in [-0.15, -0.1) is 0 Å². The average molecular weight is 300 g/mol. The van der Waals surface area contributed by atoms with Crippen LogP contribution < -0.4 is 11.1 Å². The van der Waals surface area contributed by atoms with E-state index in [-0.39, 0.29) is 17.4 Å². The zero-order valence-electron chi connectivity index (χ0n) is 14.7. The number of carbonyl (C=O) groups is 1. The zero-order chi connectivity index (χ0) is 16.3. The van der Waals surface area contributed by atoms with Crippen LogP contribution in [0.4, 0.5) is 0 Å². The Kier molecular flexibility index (Phi) is 10.7. The van der Waals surface area contributed by atoms with E-state index >= 15 is 0 Å². The molecule has 126 valence electrons. The Morgan fingerprint density at radius 2 is 1.86 bits per heavy atom. The highest BCUT2D eigenvalue weighted by molar-refractivity contribution is 5.75. The maximum Gasteiger partial charge on any atom is 0.220 e. The van der Waals surface area contributed by atoms with E-state index in [4.69, 9.17) is 10.5 Å². The van der Waals surface area contributed by atoms with Crippen LogP contribution >= 0.6 is 0 Å². The molecule has 0 spiro atoms. The fourth-order valence-corrected chi connectivity index (χ4v) is 2.38. The second kappa shape index (κ2) is 11.0. The topological polar surface area (TPSA) is 64.3 Å². The highest BCUT2D eigenvalue weighted by Crippen LogP contribution is 2.31. The van der Waals surface area contributed by atoms with Crippen molar-refractivity contribution in [1.82, 2.24) is 5.32 Å². The molecule has 4 heteroatoms. The molecule has 0 aromatic rings. The summed E-state index contributed by atoms with van der Waals surface area (Å²) < 4.78 is 5.47. The molecule has 0 aliphatic rings. The lowest BCUT2D eigenvalue weighted by atomic mass is 9.76. The number of ether oxygens (including phenoxy) is 1. The molecule has 0 fully saturated rings. The van der Waals surface area contributed by atoms with Gasteiger partial charge in [-0.25, -0.2) is 0 Å². The Hall–Kier alpha value is -0.610. The monoisotopic (exact) mass is 300 g/mol. The van der Waals surface area contributed by atoms with Gasteiger partial charge in [-0.2, -0.15) is 0 Å². The Labute approximate surface area is 131 Å². The first-order valence-electron chi connectivity index (χ1n) is 8.35. The average Bonchev–Trinajstić information content (AvgIpc) is 2.36. The van der Waals surface area contributed by atoms with E-state index < -0.39 is 0 Å². The van der Waals surface area contributed by atoms with E-state index in [0.29, 0.717) is 18.9 Å². The van der Waals surface area contributed by atoms with E-state index in [0.717, 1.165) is 38.8 Å². The molecule has 0 saturated heterocycles. The Morgan fingerprint density at radius 1 is 1.19 bits per heavy atom. The maximum atomic E-state index is 11.8. The molecule has 1 atom stereocenters. The quantitative estimate of drug-likeness (QED) is 0.576. The van der Waals surface area contributed by atoms with Gasteiger partial charge < -0.3 is 15.8 Å². The van der Waals surface area contributed by atoms with Crippen molar-refractivity contribution in [1.29, 1.82) is 0 Å². The van der Waals surface area contributed by atoms with Crippen molar-refractivity contribution in [3.05, 3.63) is 0 Å². The third-order valence-electron chi connectivity index (χ3n) is 3.80. The molecule has 0 rings (SSSR count). The first-order chi connectivity index (χ1) is 9.77. The fraction of sp³-hybridized carbons (Fsp3) is 0.941. The van der Waals surface area contributed by atoms with Crippen LogP contribution in [0.15, 0.2) is 0 Å². The van der Waals surface area contributed by atoms with Gasteiger partial charge in [-0.1, -0.05) is 20.8 Å². The number of amides is 1. The molecule has 21 heavy (non-hydrogen) atoms. The first-order valence-corrected chi connectivity index (χ1v) is 8.35.